The van der Waals surface area contributed by atoms with Crippen LogP contribution in [0, 0.1) is 0 Å². The summed E-state index contributed by atoms with van der Waals surface area (Å²) in [6.45, 7) is 10.9. The van der Waals surface area contributed by atoms with Gasteiger partial charge in [0.25, 0.3) is 0 Å². The van der Waals surface area contributed by atoms with Gasteiger partial charge in [-0.05, 0) is 52.0 Å². The first kappa shape index (κ1) is 16.5. The lowest BCUT2D eigenvalue weighted by Crippen LogP contribution is -2.57. The second-order valence-corrected chi connectivity index (χ2v) is 7.45. The Morgan fingerprint density at radius 1 is 1.14 bits per heavy atom. The van der Waals surface area contributed by atoms with Crippen LogP contribution >= 0.6 is 11.6 Å². The van der Waals surface area contributed by atoms with Gasteiger partial charge in [0.1, 0.15) is 0 Å². The predicted molar refractivity (Wildman–Crippen MR) is 86.1 cm³/mol. The van der Waals surface area contributed by atoms with Gasteiger partial charge in [0, 0.05) is 36.6 Å². The van der Waals surface area contributed by atoms with E-state index in [0.717, 1.165) is 25.2 Å². The van der Waals surface area contributed by atoms with Crippen LogP contribution in [0.3, 0.4) is 0 Å². The molecule has 4 heteroatoms. The SMILES string of the molecule is CC1(C)CN(CCC(=O)c2ccc(Cl)cc2)CC(C)(C)O1. The monoisotopic (exact) mass is 309 g/mol. The van der Waals surface area contributed by atoms with E-state index in [1.54, 1.807) is 24.3 Å². The highest BCUT2D eigenvalue weighted by atomic mass is 35.5. The van der Waals surface area contributed by atoms with Gasteiger partial charge in [-0.15, -0.1) is 0 Å². The van der Waals surface area contributed by atoms with Gasteiger partial charge in [-0.3, -0.25) is 9.69 Å². The van der Waals surface area contributed by atoms with Crippen LogP contribution < -0.4 is 0 Å². The highest BCUT2D eigenvalue weighted by molar-refractivity contribution is 6.30. The molecule has 1 aliphatic rings. The van der Waals surface area contributed by atoms with Crippen LogP contribution in [0.15, 0.2) is 24.3 Å². The van der Waals surface area contributed by atoms with Crippen LogP contribution in [0.5, 0.6) is 0 Å². The maximum absolute atomic E-state index is 12.2. The Balaban J connectivity index is 1.93. The molecule has 2 rings (SSSR count). The fourth-order valence-electron chi connectivity index (χ4n) is 3.14. The van der Waals surface area contributed by atoms with E-state index in [9.17, 15) is 4.79 Å². The molecular formula is C17H24ClNO2. The summed E-state index contributed by atoms with van der Waals surface area (Å²) in [7, 11) is 0. The van der Waals surface area contributed by atoms with Crippen molar-refractivity contribution in [3.05, 3.63) is 34.9 Å². The molecule has 0 bridgehead atoms. The van der Waals surface area contributed by atoms with Crippen molar-refractivity contribution >= 4 is 17.4 Å². The maximum Gasteiger partial charge on any atom is 0.164 e. The summed E-state index contributed by atoms with van der Waals surface area (Å²) in [6.07, 6.45) is 0.522. The van der Waals surface area contributed by atoms with Gasteiger partial charge in [0.2, 0.25) is 0 Å². The number of hydrogen-bond donors (Lipinski definition) is 0. The fraction of sp³-hybridized carbons (Fsp3) is 0.588. The number of benzene rings is 1. The summed E-state index contributed by atoms with van der Waals surface area (Å²) in [5.74, 6) is 0.161. The van der Waals surface area contributed by atoms with Crippen LogP contribution in [-0.2, 0) is 4.74 Å². The Bertz CT molecular complexity index is 492. The summed E-state index contributed by atoms with van der Waals surface area (Å²) >= 11 is 5.84. The molecule has 1 fully saturated rings. The smallest absolute Gasteiger partial charge is 0.164 e. The standard InChI is InChI=1S/C17H24ClNO2/c1-16(2)11-19(12-17(3,4)21-16)10-9-15(20)13-5-7-14(18)8-6-13/h5-8H,9-12H2,1-4H3. The van der Waals surface area contributed by atoms with Gasteiger partial charge >= 0.3 is 0 Å². The summed E-state index contributed by atoms with van der Waals surface area (Å²) in [5.41, 5.74) is 0.377. The normalized spacial score (nSPS) is 21.2. The Kier molecular flexibility index (Phi) is 4.76. The Hall–Kier alpha value is -0.900. The van der Waals surface area contributed by atoms with Crippen molar-refractivity contribution in [3.8, 4) is 0 Å². The summed E-state index contributed by atoms with van der Waals surface area (Å²) in [4.78, 5) is 14.5. The number of rotatable bonds is 4. The number of hydrogen-bond acceptors (Lipinski definition) is 3. The highest BCUT2D eigenvalue weighted by Gasteiger charge is 2.37. The molecule has 1 aromatic carbocycles. The molecule has 1 aliphatic heterocycles. The first-order chi connectivity index (χ1) is 9.67. The number of carbonyl (C=O) groups is 1. The molecule has 116 valence electrons. The second-order valence-electron chi connectivity index (χ2n) is 7.01. The minimum absolute atomic E-state index is 0.161. The van der Waals surface area contributed by atoms with Crippen LogP contribution in [0.25, 0.3) is 0 Å². The molecular weight excluding hydrogens is 286 g/mol. The molecule has 1 aromatic rings. The van der Waals surface area contributed by atoms with Gasteiger partial charge in [0.05, 0.1) is 11.2 Å². The highest BCUT2D eigenvalue weighted by Crippen LogP contribution is 2.28. The van der Waals surface area contributed by atoms with Crippen molar-refractivity contribution in [3.63, 3.8) is 0 Å². The molecule has 0 atom stereocenters. The molecule has 0 aromatic heterocycles. The molecule has 1 saturated heterocycles. The largest absolute Gasteiger partial charge is 0.367 e. The first-order valence-corrected chi connectivity index (χ1v) is 7.76. The third-order valence-corrected chi connectivity index (χ3v) is 3.83. The van der Waals surface area contributed by atoms with Gasteiger partial charge in [0.15, 0.2) is 5.78 Å². The average molecular weight is 310 g/mol. The Morgan fingerprint density at radius 2 is 1.67 bits per heavy atom. The molecule has 3 nitrogen and oxygen atoms in total. The van der Waals surface area contributed by atoms with Gasteiger partial charge in [-0.1, -0.05) is 11.6 Å². The lowest BCUT2D eigenvalue weighted by atomic mass is 9.98. The molecule has 0 saturated carbocycles. The number of carbonyl (C=O) groups excluding carboxylic acids is 1. The minimum Gasteiger partial charge on any atom is -0.367 e. The second kappa shape index (κ2) is 6.07. The number of ether oxygens (including phenoxy) is 1. The zero-order chi connectivity index (χ0) is 15.7. The molecule has 0 radical (unpaired) electrons. The van der Waals surface area contributed by atoms with E-state index in [1.807, 2.05) is 0 Å². The van der Waals surface area contributed by atoms with Crippen molar-refractivity contribution in [1.29, 1.82) is 0 Å². The van der Waals surface area contributed by atoms with E-state index in [1.165, 1.54) is 0 Å². The number of nitrogens with zero attached hydrogens (tertiary/aromatic N) is 1. The van der Waals surface area contributed by atoms with E-state index in [-0.39, 0.29) is 17.0 Å². The van der Waals surface area contributed by atoms with Crippen molar-refractivity contribution in [2.75, 3.05) is 19.6 Å². The molecule has 0 unspecified atom stereocenters. The van der Waals surface area contributed by atoms with Crippen molar-refractivity contribution in [2.45, 2.75) is 45.3 Å². The van der Waals surface area contributed by atoms with Crippen LogP contribution in [0.4, 0.5) is 0 Å². The lowest BCUT2D eigenvalue weighted by molar-refractivity contribution is -0.180. The van der Waals surface area contributed by atoms with Crippen LogP contribution in [-0.4, -0.2) is 41.5 Å². The average Bonchev–Trinajstić information content (AvgIpc) is 2.33. The van der Waals surface area contributed by atoms with Crippen LogP contribution in [0.2, 0.25) is 5.02 Å². The maximum atomic E-state index is 12.2. The third kappa shape index (κ3) is 4.80. The summed E-state index contributed by atoms with van der Waals surface area (Å²) in [5, 5.41) is 0.656. The van der Waals surface area contributed by atoms with E-state index in [2.05, 4.69) is 32.6 Å². The van der Waals surface area contributed by atoms with E-state index >= 15 is 0 Å². The number of Topliss-reactive ketones (excluding diaryl/α,β-unsaturated/α-hetero) is 1. The Labute approximate surface area is 132 Å². The van der Waals surface area contributed by atoms with E-state index in [0.29, 0.717) is 11.4 Å². The molecule has 21 heavy (non-hydrogen) atoms. The summed E-state index contributed by atoms with van der Waals surface area (Å²) in [6, 6.07) is 7.10. The predicted octanol–water partition coefficient (Wildman–Crippen LogP) is 3.80. The number of ketones is 1. The first-order valence-electron chi connectivity index (χ1n) is 7.38. The third-order valence-electron chi connectivity index (χ3n) is 3.58. The Morgan fingerprint density at radius 3 is 2.19 bits per heavy atom. The van der Waals surface area contributed by atoms with E-state index in [4.69, 9.17) is 16.3 Å². The van der Waals surface area contributed by atoms with Gasteiger partial charge in [-0.2, -0.15) is 0 Å². The summed E-state index contributed by atoms with van der Waals surface area (Å²) < 4.78 is 6.05. The van der Waals surface area contributed by atoms with Crippen molar-refractivity contribution in [1.82, 2.24) is 4.90 Å². The topological polar surface area (TPSA) is 29.5 Å². The quantitative estimate of drug-likeness (QED) is 0.792. The van der Waals surface area contributed by atoms with Gasteiger partial charge in [-0.25, -0.2) is 0 Å². The molecule has 0 aliphatic carbocycles. The van der Waals surface area contributed by atoms with Crippen LogP contribution in [0.1, 0.15) is 44.5 Å². The lowest BCUT2D eigenvalue weighted by Gasteiger charge is -2.47. The minimum atomic E-state index is -0.176. The van der Waals surface area contributed by atoms with Crippen molar-refractivity contribution in [2.24, 2.45) is 0 Å². The molecule has 1 heterocycles. The molecule has 0 N–H and O–H groups in total. The van der Waals surface area contributed by atoms with E-state index < -0.39 is 0 Å². The number of morpholine rings is 1. The van der Waals surface area contributed by atoms with Gasteiger partial charge < -0.3 is 4.74 Å². The number of halogens is 1. The molecule has 0 spiro atoms. The molecule has 0 amide bonds. The zero-order valence-electron chi connectivity index (χ0n) is 13.3. The zero-order valence-corrected chi connectivity index (χ0v) is 14.0. The van der Waals surface area contributed by atoms with Crippen molar-refractivity contribution < 1.29 is 9.53 Å². The fourth-order valence-corrected chi connectivity index (χ4v) is 3.27.